The van der Waals surface area contributed by atoms with E-state index in [0.717, 1.165) is 22.2 Å². The van der Waals surface area contributed by atoms with Crippen molar-refractivity contribution in [2.75, 3.05) is 20.0 Å². The monoisotopic (exact) mass is 380 g/mol. The second-order valence-electron chi connectivity index (χ2n) is 5.89. The summed E-state index contributed by atoms with van der Waals surface area (Å²) in [4.78, 5) is 0. The third-order valence-corrected chi connectivity index (χ3v) is 5.16. The van der Waals surface area contributed by atoms with Gasteiger partial charge >= 0.3 is 0 Å². The molecule has 0 saturated carbocycles. The van der Waals surface area contributed by atoms with Crippen molar-refractivity contribution in [3.63, 3.8) is 0 Å². The third-order valence-electron chi connectivity index (χ3n) is 3.97. The normalized spacial score (nSPS) is 11.6. The molecule has 0 aliphatic carbocycles. The van der Waals surface area contributed by atoms with Gasteiger partial charge in [-0.25, -0.2) is 0 Å². The van der Waals surface area contributed by atoms with E-state index in [1.165, 1.54) is 11.8 Å². The van der Waals surface area contributed by atoms with Crippen molar-refractivity contribution in [2.45, 2.75) is 12.1 Å². The van der Waals surface area contributed by atoms with Gasteiger partial charge in [0.2, 0.25) is 0 Å². The Kier molecular flexibility index (Phi) is 5.99. The van der Waals surface area contributed by atoms with E-state index in [1.807, 2.05) is 60.0 Å². The maximum absolute atomic E-state index is 9.07. The Labute approximate surface area is 162 Å². The SMILES string of the molecule is COc1ccc(-n2c(SC[C@@H](C)C#N)nnc2-c2ccccc2)cc1OC. The van der Waals surface area contributed by atoms with Crippen LogP contribution in [0.2, 0.25) is 0 Å². The minimum atomic E-state index is -0.0780. The van der Waals surface area contributed by atoms with Gasteiger partial charge < -0.3 is 9.47 Å². The van der Waals surface area contributed by atoms with Gasteiger partial charge in [-0.2, -0.15) is 5.26 Å². The second-order valence-corrected chi connectivity index (χ2v) is 6.88. The highest BCUT2D eigenvalue weighted by atomic mass is 32.2. The first-order chi connectivity index (χ1) is 13.2. The van der Waals surface area contributed by atoms with Crippen LogP contribution >= 0.6 is 11.8 Å². The molecule has 138 valence electrons. The number of nitrogens with zero attached hydrogens (tertiary/aromatic N) is 4. The van der Waals surface area contributed by atoms with Crippen molar-refractivity contribution in [1.29, 1.82) is 5.26 Å². The molecule has 7 heteroatoms. The van der Waals surface area contributed by atoms with Crippen LogP contribution in [0.15, 0.2) is 53.7 Å². The van der Waals surface area contributed by atoms with Crippen LogP contribution in [-0.2, 0) is 0 Å². The summed E-state index contributed by atoms with van der Waals surface area (Å²) in [6.07, 6.45) is 0. The molecule has 3 aromatic rings. The van der Waals surface area contributed by atoms with Crippen LogP contribution in [0.1, 0.15) is 6.92 Å². The lowest BCUT2D eigenvalue weighted by molar-refractivity contribution is 0.355. The molecule has 0 spiro atoms. The Hall–Kier alpha value is -2.98. The number of thioether (sulfide) groups is 1. The molecule has 0 unspecified atom stereocenters. The van der Waals surface area contributed by atoms with Crippen LogP contribution in [0.3, 0.4) is 0 Å². The van der Waals surface area contributed by atoms with E-state index in [1.54, 1.807) is 14.2 Å². The average molecular weight is 380 g/mol. The fourth-order valence-electron chi connectivity index (χ4n) is 2.57. The molecule has 0 radical (unpaired) electrons. The van der Waals surface area contributed by atoms with Gasteiger partial charge in [0.15, 0.2) is 22.5 Å². The smallest absolute Gasteiger partial charge is 0.196 e. The lowest BCUT2D eigenvalue weighted by Gasteiger charge is -2.14. The van der Waals surface area contributed by atoms with Crippen LogP contribution in [0.25, 0.3) is 17.1 Å². The van der Waals surface area contributed by atoms with Gasteiger partial charge in [0, 0.05) is 17.4 Å². The molecule has 2 aromatic carbocycles. The van der Waals surface area contributed by atoms with E-state index in [9.17, 15) is 0 Å². The first-order valence-corrected chi connectivity index (χ1v) is 9.42. The number of rotatable bonds is 7. The number of hydrogen-bond donors (Lipinski definition) is 0. The van der Waals surface area contributed by atoms with Gasteiger partial charge in [0.1, 0.15) is 0 Å². The van der Waals surface area contributed by atoms with Crippen molar-refractivity contribution in [3.05, 3.63) is 48.5 Å². The lowest BCUT2D eigenvalue weighted by atomic mass is 10.2. The van der Waals surface area contributed by atoms with Gasteiger partial charge in [0.25, 0.3) is 0 Å². The number of ether oxygens (including phenoxy) is 2. The minimum Gasteiger partial charge on any atom is -0.493 e. The molecule has 1 heterocycles. The van der Waals surface area contributed by atoms with Crippen LogP contribution < -0.4 is 9.47 Å². The molecular formula is C20H20N4O2S. The fourth-order valence-corrected chi connectivity index (χ4v) is 3.46. The summed E-state index contributed by atoms with van der Waals surface area (Å²) in [6.45, 7) is 1.89. The quantitative estimate of drug-likeness (QED) is 0.572. The number of methoxy groups -OCH3 is 2. The standard InChI is InChI=1S/C20H20N4O2S/c1-14(12-21)13-27-20-23-22-19(15-7-5-4-6-8-15)24(20)16-9-10-17(25-2)18(11-16)26-3/h4-11,14H,13H2,1-3H3/t14-/m0/s1. The summed E-state index contributed by atoms with van der Waals surface area (Å²) in [6, 6.07) is 17.8. The van der Waals surface area contributed by atoms with Crippen LogP contribution in [0.5, 0.6) is 11.5 Å². The number of nitriles is 1. The van der Waals surface area contributed by atoms with Gasteiger partial charge in [-0.3, -0.25) is 4.57 Å². The van der Waals surface area contributed by atoms with Crippen molar-refractivity contribution in [2.24, 2.45) is 5.92 Å². The first kappa shape index (κ1) is 18.8. The maximum atomic E-state index is 9.07. The molecule has 6 nitrogen and oxygen atoms in total. The van der Waals surface area contributed by atoms with Crippen molar-refractivity contribution in [3.8, 4) is 34.6 Å². The molecule has 0 aliphatic rings. The molecule has 0 amide bonds. The molecular weight excluding hydrogens is 360 g/mol. The molecule has 3 rings (SSSR count). The minimum absolute atomic E-state index is 0.0780. The highest BCUT2D eigenvalue weighted by Gasteiger charge is 2.18. The van der Waals surface area contributed by atoms with Gasteiger partial charge in [-0.1, -0.05) is 42.1 Å². The molecule has 1 atom stereocenters. The molecule has 0 aliphatic heterocycles. The van der Waals surface area contributed by atoms with Gasteiger partial charge in [-0.15, -0.1) is 10.2 Å². The maximum Gasteiger partial charge on any atom is 0.196 e. The lowest BCUT2D eigenvalue weighted by Crippen LogP contribution is -2.02. The Morgan fingerprint density at radius 3 is 2.48 bits per heavy atom. The van der Waals surface area contributed by atoms with Crippen molar-refractivity contribution in [1.82, 2.24) is 14.8 Å². The summed E-state index contributed by atoms with van der Waals surface area (Å²) in [5.74, 6) is 2.57. The summed E-state index contributed by atoms with van der Waals surface area (Å²) in [7, 11) is 3.21. The van der Waals surface area contributed by atoms with E-state index in [4.69, 9.17) is 14.7 Å². The summed E-state index contributed by atoms with van der Waals surface area (Å²) in [5, 5.41) is 18.6. The Bertz CT molecular complexity index is 950. The van der Waals surface area contributed by atoms with E-state index in [-0.39, 0.29) is 5.92 Å². The molecule has 1 aromatic heterocycles. The Balaban J connectivity index is 2.10. The van der Waals surface area contributed by atoms with Crippen molar-refractivity contribution < 1.29 is 9.47 Å². The van der Waals surface area contributed by atoms with Crippen LogP contribution in [0.4, 0.5) is 0 Å². The zero-order chi connectivity index (χ0) is 19.2. The first-order valence-electron chi connectivity index (χ1n) is 8.43. The van der Waals surface area contributed by atoms with E-state index in [0.29, 0.717) is 17.3 Å². The zero-order valence-electron chi connectivity index (χ0n) is 15.4. The Morgan fingerprint density at radius 1 is 1.07 bits per heavy atom. The van der Waals surface area contributed by atoms with Crippen LogP contribution in [-0.4, -0.2) is 34.7 Å². The molecule has 0 saturated heterocycles. The van der Waals surface area contributed by atoms with Crippen molar-refractivity contribution >= 4 is 11.8 Å². The molecule has 0 bridgehead atoms. The van der Waals surface area contributed by atoms with Gasteiger partial charge in [-0.05, 0) is 19.1 Å². The van der Waals surface area contributed by atoms with E-state index in [2.05, 4.69) is 16.3 Å². The summed E-state index contributed by atoms with van der Waals surface area (Å²) >= 11 is 1.51. The van der Waals surface area contributed by atoms with E-state index >= 15 is 0 Å². The number of benzene rings is 2. The molecule has 27 heavy (non-hydrogen) atoms. The van der Waals surface area contributed by atoms with E-state index < -0.39 is 0 Å². The molecule has 0 fully saturated rings. The topological polar surface area (TPSA) is 73.0 Å². The second kappa shape index (κ2) is 8.60. The largest absolute Gasteiger partial charge is 0.493 e. The fraction of sp³-hybridized carbons (Fsp3) is 0.250. The predicted octanol–water partition coefficient (Wildman–Crippen LogP) is 4.20. The van der Waals surface area contributed by atoms with Gasteiger partial charge in [0.05, 0.1) is 31.9 Å². The number of aromatic nitrogens is 3. The average Bonchev–Trinajstić information content (AvgIpc) is 3.15. The summed E-state index contributed by atoms with van der Waals surface area (Å²) in [5.41, 5.74) is 1.82. The molecule has 0 N–H and O–H groups in total. The van der Waals surface area contributed by atoms with Crippen LogP contribution in [0, 0.1) is 17.2 Å². The predicted molar refractivity (Wildman–Crippen MR) is 105 cm³/mol. The Morgan fingerprint density at radius 2 is 1.81 bits per heavy atom. The highest BCUT2D eigenvalue weighted by Crippen LogP contribution is 2.34. The zero-order valence-corrected chi connectivity index (χ0v) is 16.2. The number of hydrogen-bond acceptors (Lipinski definition) is 6. The third kappa shape index (κ3) is 4.07. The highest BCUT2D eigenvalue weighted by molar-refractivity contribution is 7.99. The summed E-state index contributed by atoms with van der Waals surface area (Å²) < 4.78 is 12.8.